The third-order valence-electron chi connectivity index (χ3n) is 4.27. The highest BCUT2D eigenvalue weighted by Gasteiger charge is 2.31. The minimum atomic E-state index is -1.09. The number of nitrogens with zero attached hydrogens (tertiary/aromatic N) is 1. The van der Waals surface area contributed by atoms with Crippen LogP contribution in [0.25, 0.3) is 0 Å². The molecule has 1 aliphatic heterocycles. The van der Waals surface area contributed by atoms with Crippen LogP contribution in [0, 0.1) is 11.8 Å². The molecule has 4 nitrogen and oxygen atoms in total. The molecule has 1 aliphatic rings. The number of hydrogen-bond donors (Lipinski definition) is 0. The van der Waals surface area contributed by atoms with Gasteiger partial charge in [-0.05, 0) is 53.7 Å². The highest BCUT2D eigenvalue weighted by atomic mass is 32.2. The van der Waals surface area contributed by atoms with E-state index in [-0.39, 0.29) is 11.0 Å². The Morgan fingerprint density at radius 3 is 2.59 bits per heavy atom. The van der Waals surface area contributed by atoms with Crippen molar-refractivity contribution in [2.45, 2.75) is 44.4 Å². The molecule has 0 amide bonds. The molecule has 0 spiro atoms. The van der Waals surface area contributed by atoms with Gasteiger partial charge in [-0.25, -0.2) is 14.7 Å². The summed E-state index contributed by atoms with van der Waals surface area (Å²) in [6.45, 7) is 8.28. The van der Waals surface area contributed by atoms with Crippen molar-refractivity contribution in [3.8, 4) is 11.8 Å². The van der Waals surface area contributed by atoms with Crippen LogP contribution in [0.1, 0.15) is 61.3 Å². The Morgan fingerprint density at radius 2 is 1.96 bits per heavy atom. The first-order chi connectivity index (χ1) is 12.9. The fraction of sp³-hybridized carbons (Fsp3) is 0.333. The number of aromatic nitrogens is 1. The first-order valence-corrected chi connectivity index (χ1v) is 10.1. The summed E-state index contributed by atoms with van der Waals surface area (Å²) >= 11 is 0. The summed E-state index contributed by atoms with van der Waals surface area (Å²) in [7, 11) is -0.953. The van der Waals surface area contributed by atoms with Crippen LogP contribution in [0.3, 0.4) is 0 Å². The Hall–Kier alpha value is -2.52. The molecule has 0 fully saturated rings. The number of rotatable bonds is 1. The molecule has 27 heavy (non-hydrogen) atoms. The van der Waals surface area contributed by atoms with Gasteiger partial charge in [-0.15, -0.1) is 0 Å². The fourth-order valence-corrected chi connectivity index (χ4v) is 4.41. The molecule has 142 valence electrons. The van der Waals surface area contributed by atoms with Gasteiger partial charge in [0.25, 0.3) is 0 Å². The Balaban J connectivity index is 0.00000126. The molecule has 6 heteroatoms. The summed E-state index contributed by atoms with van der Waals surface area (Å²) in [6.07, 6.45) is 2.09. The fourth-order valence-electron chi connectivity index (χ4n) is 2.70. The molecule has 1 aromatic heterocycles. The summed E-state index contributed by atoms with van der Waals surface area (Å²) in [5.74, 6) is 5.53. The molecule has 2 heterocycles. The van der Waals surface area contributed by atoms with Crippen LogP contribution in [0.5, 0.6) is 0 Å². The maximum Gasteiger partial charge on any atom is 0.381 e. The zero-order chi connectivity index (χ0) is 20.0. The normalized spacial score (nSPS) is 16.7. The van der Waals surface area contributed by atoms with Crippen molar-refractivity contribution in [2.75, 3.05) is 5.75 Å². The third-order valence-corrected chi connectivity index (χ3v) is 5.69. The van der Waals surface area contributed by atoms with Crippen molar-refractivity contribution in [3.05, 3.63) is 58.9 Å². The molecular weight excluding hydrogens is 365 g/mol. The first-order valence-electron chi connectivity index (χ1n) is 8.74. The molecule has 0 radical (unpaired) electrons. The number of carbonyl (C=O) groups excluding carboxylic acids is 1. The number of benzene rings is 1. The highest BCUT2D eigenvalue weighted by Crippen LogP contribution is 2.37. The van der Waals surface area contributed by atoms with Crippen LogP contribution < -0.4 is 0 Å². The van der Waals surface area contributed by atoms with Crippen molar-refractivity contribution >= 4 is 16.8 Å². The van der Waals surface area contributed by atoms with E-state index in [2.05, 4.69) is 35.6 Å². The molecule has 1 unspecified atom stereocenters. The second kappa shape index (κ2) is 8.92. The highest BCUT2D eigenvalue weighted by molar-refractivity contribution is 7.85. The molecule has 2 aromatic rings. The van der Waals surface area contributed by atoms with Crippen molar-refractivity contribution in [2.24, 2.45) is 0 Å². The van der Waals surface area contributed by atoms with Gasteiger partial charge < -0.3 is 0 Å². The summed E-state index contributed by atoms with van der Waals surface area (Å²) in [6, 6.07) is 8.63. The second-order valence-corrected chi connectivity index (χ2v) is 7.98. The number of halogens is 1. The molecule has 0 saturated heterocycles. The van der Waals surface area contributed by atoms with Gasteiger partial charge in [0.1, 0.15) is 5.69 Å². The van der Waals surface area contributed by atoms with Gasteiger partial charge in [0.15, 0.2) is 0 Å². The van der Waals surface area contributed by atoms with Gasteiger partial charge in [0.05, 0.1) is 16.4 Å². The zero-order valence-electron chi connectivity index (χ0n) is 15.8. The number of pyridine rings is 1. The Bertz CT molecular complexity index is 911. The SMILES string of the molecule is CC.CC1(C)CCS(=O)c2ccc(C#Cc3ccc(C(=O)OF)cn3)cc21. The lowest BCUT2D eigenvalue weighted by Crippen LogP contribution is -2.27. The van der Waals surface area contributed by atoms with Crippen LogP contribution in [0.15, 0.2) is 41.4 Å². The lowest BCUT2D eigenvalue weighted by molar-refractivity contribution is -0.0788. The summed E-state index contributed by atoms with van der Waals surface area (Å²) in [5.41, 5.74) is 2.31. The molecule has 0 aliphatic carbocycles. The lowest BCUT2D eigenvalue weighted by atomic mass is 9.81. The van der Waals surface area contributed by atoms with E-state index in [9.17, 15) is 13.5 Å². The van der Waals surface area contributed by atoms with E-state index in [4.69, 9.17) is 0 Å². The molecule has 0 saturated carbocycles. The first kappa shape index (κ1) is 20.8. The number of carbonyl (C=O) groups is 1. The van der Waals surface area contributed by atoms with Crippen LogP contribution >= 0.6 is 0 Å². The van der Waals surface area contributed by atoms with Gasteiger partial charge in [0, 0.05) is 26.9 Å². The van der Waals surface area contributed by atoms with E-state index in [1.54, 1.807) is 0 Å². The quantitative estimate of drug-likeness (QED) is 0.683. The largest absolute Gasteiger partial charge is 0.381 e. The minimum Gasteiger partial charge on any atom is -0.254 e. The minimum absolute atomic E-state index is 0.0195. The molecule has 0 N–H and O–H groups in total. The maximum absolute atomic E-state index is 12.2. The average molecular weight is 387 g/mol. The van der Waals surface area contributed by atoms with Gasteiger partial charge in [-0.1, -0.05) is 33.6 Å². The average Bonchev–Trinajstić information content (AvgIpc) is 2.71. The van der Waals surface area contributed by atoms with E-state index in [0.29, 0.717) is 11.4 Å². The molecule has 1 aromatic carbocycles. The number of hydrogen-bond acceptors (Lipinski definition) is 4. The van der Waals surface area contributed by atoms with Gasteiger partial charge in [-0.2, -0.15) is 0 Å². The predicted octanol–water partition coefficient (Wildman–Crippen LogP) is 4.34. The topological polar surface area (TPSA) is 56.3 Å². The Kier molecular flexibility index (Phi) is 6.86. The Morgan fingerprint density at radius 1 is 1.22 bits per heavy atom. The van der Waals surface area contributed by atoms with E-state index in [1.807, 2.05) is 32.0 Å². The zero-order valence-corrected chi connectivity index (χ0v) is 16.7. The molecular formula is C21H22FNO3S. The van der Waals surface area contributed by atoms with E-state index in [0.717, 1.165) is 22.4 Å². The van der Waals surface area contributed by atoms with Crippen molar-refractivity contribution in [1.29, 1.82) is 0 Å². The predicted molar refractivity (Wildman–Crippen MR) is 103 cm³/mol. The summed E-state index contributed by atoms with van der Waals surface area (Å²) in [4.78, 5) is 19.1. The van der Waals surface area contributed by atoms with Gasteiger partial charge in [0.2, 0.25) is 0 Å². The third kappa shape index (κ3) is 4.81. The van der Waals surface area contributed by atoms with Crippen LogP contribution in [0.2, 0.25) is 0 Å². The summed E-state index contributed by atoms with van der Waals surface area (Å²) < 4.78 is 24.0. The maximum atomic E-state index is 12.2. The number of fused-ring (bicyclic) bond motifs is 1. The molecule has 1 atom stereocenters. The van der Waals surface area contributed by atoms with Crippen molar-refractivity contribution < 1.29 is 18.5 Å². The van der Waals surface area contributed by atoms with Crippen molar-refractivity contribution in [1.82, 2.24) is 4.98 Å². The monoisotopic (exact) mass is 387 g/mol. The smallest absolute Gasteiger partial charge is 0.254 e. The van der Waals surface area contributed by atoms with Crippen LogP contribution in [0.4, 0.5) is 4.53 Å². The van der Waals surface area contributed by atoms with Gasteiger partial charge in [-0.3, -0.25) is 4.21 Å². The van der Waals surface area contributed by atoms with E-state index >= 15 is 0 Å². The van der Waals surface area contributed by atoms with E-state index < -0.39 is 16.8 Å². The van der Waals surface area contributed by atoms with E-state index in [1.165, 1.54) is 18.3 Å². The summed E-state index contributed by atoms with van der Waals surface area (Å²) in [5, 5.41) is 0. The molecule has 3 rings (SSSR count). The lowest BCUT2D eigenvalue weighted by Gasteiger charge is -2.31. The second-order valence-electron chi connectivity index (χ2n) is 6.44. The van der Waals surface area contributed by atoms with Crippen LogP contribution in [-0.4, -0.2) is 20.9 Å². The van der Waals surface area contributed by atoms with Gasteiger partial charge >= 0.3 is 5.97 Å². The molecule has 0 bridgehead atoms. The van der Waals surface area contributed by atoms with Crippen molar-refractivity contribution in [3.63, 3.8) is 0 Å². The Labute approximate surface area is 161 Å². The standard InChI is InChI=1S/C19H16FNO3S.C2H6/c1-19(2)9-10-25(23)17-8-4-13(11-16(17)19)3-6-15-7-5-14(12-21-15)18(22)24-20;1-2/h4-5,7-8,11-12H,9-10H2,1-2H3;1-2H3. The van der Waals surface area contributed by atoms with Crippen LogP contribution in [-0.2, 0) is 21.2 Å².